The first-order valence-electron chi connectivity index (χ1n) is 7.95. The Hall–Kier alpha value is -2.20. The molecule has 0 spiro atoms. The fraction of sp³-hybridized carbons (Fsp3) is 0.300. The van der Waals surface area contributed by atoms with Gasteiger partial charge < -0.3 is 4.74 Å². The maximum absolute atomic E-state index is 13.4. The van der Waals surface area contributed by atoms with Gasteiger partial charge in [-0.15, -0.1) is 11.6 Å². The van der Waals surface area contributed by atoms with Crippen molar-refractivity contribution in [2.24, 2.45) is 0 Å². The molecule has 1 aromatic rings. The number of methoxy groups -OCH3 is 1. The Balaban J connectivity index is 2.32. The van der Waals surface area contributed by atoms with E-state index in [1.54, 1.807) is 12.2 Å². The number of esters is 1. The maximum Gasteiger partial charge on any atom is 0.321 e. The van der Waals surface area contributed by atoms with Crippen LogP contribution in [0.25, 0.3) is 0 Å². The van der Waals surface area contributed by atoms with E-state index >= 15 is 0 Å². The summed E-state index contributed by atoms with van der Waals surface area (Å²) >= 11 is 6.63. The van der Waals surface area contributed by atoms with Crippen LogP contribution in [0.3, 0.4) is 0 Å². The Bertz CT molecular complexity index is 809. The summed E-state index contributed by atoms with van der Waals surface area (Å²) in [5.74, 6) is -1.33. The predicted octanol–water partition coefficient (Wildman–Crippen LogP) is 4.02. The first kappa shape index (κ1) is 17.6. The predicted molar refractivity (Wildman–Crippen MR) is 93.9 cm³/mol. The summed E-state index contributed by atoms with van der Waals surface area (Å²) in [7, 11) is 1.27. The lowest BCUT2D eigenvalue weighted by atomic mass is 9.69. The van der Waals surface area contributed by atoms with Crippen LogP contribution >= 0.6 is 11.6 Å². The van der Waals surface area contributed by atoms with Gasteiger partial charge in [0.2, 0.25) is 0 Å². The number of Topliss-reactive ketones (excluding diaryl/α,β-unsaturated/α-hetero) is 1. The summed E-state index contributed by atoms with van der Waals surface area (Å²) in [6, 6.07) is 5.53. The highest BCUT2D eigenvalue weighted by atomic mass is 35.5. The smallest absolute Gasteiger partial charge is 0.321 e. The van der Waals surface area contributed by atoms with Crippen LogP contribution in [0.4, 0.5) is 4.39 Å². The molecule has 1 aromatic carbocycles. The summed E-state index contributed by atoms with van der Waals surface area (Å²) in [4.78, 5) is 25.0. The molecule has 0 saturated heterocycles. The van der Waals surface area contributed by atoms with E-state index in [0.29, 0.717) is 17.6 Å². The third-order valence-electron chi connectivity index (χ3n) is 4.87. The molecule has 0 amide bonds. The van der Waals surface area contributed by atoms with E-state index in [4.69, 9.17) is 16.3 Å². The van der Waals surface area contributed by atoms with Crippen LogP contribution in [0.2, 0.25) is 0 Å². The number of rotatable bonds is 2. The highest BCUT2D eigenvalue weighted by molar-refractivity contribution is 6.39. The number of fused-ring (bicyclic) bond motifs is 2. The van der Waals surface area contributed by atoms with Gasteiger partial charge in [0, 0.05) is 5.57 Å². The van der Waals surface area contributed by atoms with Gasteiger partial charge in [-0.1, -0.05) is 42.5 Å². The van der Waals surface area contributed by atoms with Crippen molar-refractivity contribution >= 4 is 23.4 Å². The number of hydrogen-bond donors (Lipinski definition) is 0. The van der Waals surface area contributed by atoms with E-state index < -0.39 is 22.1 Å². The normalized spacial score (nSPS) is 28.8. The Labute approximate surface area is 150 Å². The van der Waals surface area contributed by atoms with Crippen molar-refractivity contribution in [3.05, 3.63) is 71.6 Å². The van der Waals surface area contributed by atoms with Crippen LogP contribution in [0.1, 0.15) is 24.8 Å². The minimum Gasteiger partial charge on any atom is -0.468 e. The number of hydrogen-bond acceptors (Lipinski definition) is 3. The molecule has 3 rings (SSSR count). The van der Waals surface area contributed by atoms with Gasteiger partial charge in [-0.05, 0) is 37.0 Å². The van der Waals surface area contributed by atoms with Crippen LogP contribution in [-0.2, 0) is 19.7 Å². The van der Waals surface area contributed by atoms with Crippen molar-refractivity contribution < 1.29 is 18.7 Å². The standard InChI is InChI=1S/C20H18ClFO3/c1-13-11-19(21)10-4-3-5-16(17(19)23)20(12-13,18(24)25-2)14-6-8-15(22)9-7-14/h3-9H,1,10-12H2,2H3/t19-,20-/m0/s1. The van der Waals surface area contributed by atoms with Gasteiger partial charge in [-0.2, -0.15) is 0 Å². The van der Waals surface area contributed by atoms with Gasteiger partial charge >= 0.3 is 5.97 Å². The molecule has 2 atom stereocenters. The zero-order valence-electron chi connectivity index (χ0n) is 13.9. The molecule has 2 bridgehead atoms. The number of halogens is 2. The summed E-state index contributed by atoms with van der Waals surface area (Å²) in [5.41, 5.74) is 0.0323. The highest BCUT2D eigenvalue weighted by Gasteiger charge is 2.55. The van der Waals surface area contributed by atoms with E-state index in [1.165, 1.54) is 31.4 Å². The summed E-state index contributed by atoms with van der Waals surface area (Å²) in [6.07, 6.45) is 5.97. The van der Waals surface area contributed by atoms with Crippen molar-refractivity contribution in [2.75, 3.05) is 7.11 Å². The third-order valence-corrected chi connectivity index (χ3v) is 5.33. The molecule has 2 aliphatic carbocycles. The molecule has 1 saturated carbocycles. The Morgan fingerprint density at radius 2 is 1.96 bits per heavy atom. The van der Waals surface area contributed by atoms with Crippen LogP contribution in [0.15, 0.2) is 60.2 Å². The molecule has 0 aromatic heterocycles. The van der Waals surface area contributed by atoms with Crippen molar-refractivity contribution in [2.45, 2.75) is 29.6 Å². The van der Waals surface area contributed by atoms with Gasteiger partial charge in [-0.3, -0.25) is 9.59 Å². The molecule has 5 heteroatoms. The van der Waals surface area contributed by atoms with Crippen molar-refractivity contribution in [3.63, 3.8) is 0 Å². The summed E-state index contributed by atoms with van der Waals surface area (Å²) < 4.78 is 18.5. The molecule has 0 aliphatic heterocycles. The van der Waals surface area contributed by atoms with Crippen LogP contribution in [-0.4, -0.2) is 23.7 Å². The first-order chi connectivity index (χ1) is 11.8. The molecular formula is C20H18ClFO3. The second-order valence-electron chi connectivity index (χ2n) is 6.51. The topological polar surface area (TPSA) is 43.4 Å². The van der Waals surface area contributed by atoms with E-state index in [-0.39, 0.29) is 24.2 Å². The molecule has 0 N–H and O–H groups in total. The summed E-state index contributed by atoms with van der Waals surface area (Å²) in [6.45, 7) is 4.03. The first-order valence-corrected chi connectivity index (χ1v) is 8.33. The lowest BCUT2D eigenvalue weighted by molar-refractivity contribution is -0.146. The summed E-state index contributed by atoms with van der Waals surface area (Å²) in [5, 5.41) is 0. The molecule has 130 valence electrons. The Morgan fingerprint density at radius 1 is 1.28 bits per heavy atom. The van der Waals surface area contributed by atoms with Crippen molar-refractivity contribution in [1.29, 1.82) is 0 Å². The van der Waals surface area contributed by atoms with Crippen LogP contribution < -0.4 is 0 Å². The second-order valence-corrected chi connectivity index (χ2v) is 7.24. The molecule has 3 nitrogen and oxygen atoms in total. The second kappa shape index (κ2) is 6.26. The van der Waals surface area contributed by atoms with E-state index in [2.05, 4.69) is 6.58 Å². The molecular weight excluding hydrogens is 343 g/mol. The average Bonchev–Trinajstić information content (AvgIpc) is 2.77. The lowest BCUT2D eigenvalue weighted by Crippen LogP contribution is -2.43. The van der Waals surface area contributed by atoms with Crippen molar-refractivity contribution in [3.8, 4) is 0 Å². The van der Waals surface area contributed by atoms with E-state index in [1.807, 2.05) is 6.08 Å². The lowest BCUT2D eigenvalue weighted by Gasteiger charge is -2.32. The minimum atomic E-state index is -1.39. The largest absolute Gasteiger partial charge is 0.468 e. The quantitative estimate of drug-likeness (QED) is 0.454. The van der Waals surface area contributed by atoms with Gasteiger partial charge in [0.05, 0.1) is 7.11 Å². The number of carbonyl (C=O) groups is 2. The third kappa shape index (κ3) is 2.74. The monoisotopic (exact) mass is 360 g/mol. The van der Waals surface area contributed by atoms with E-state index in [9.17, 15) is 14.0 Å². The highest BCUT2D eigenvalue weighted by Crippen LogP contribution is 2.49. The van der Waals surface area contributed by atoms with Gasteiger partial charge in [0.15, 0.2) is 5.78 Å². The molecule has 2 aliphatic rings. The van der Waals surface area contributed by atoms with Gasteiger partial charge in [0.25, 0.3) is 0 Å². The number of carbonyl (C=O) groups excluding carboxylic acids is 2. The number of allylic oxidation sites excluding steroid dienone is 4. The van der Waals surface area contributed by atoms with Gasteiger partial charge in [-0.25, -0.2) is 4.39 Å². The zero-order chi connectivity index (χ0) is 18.2. The Morgan fingerprint density at radius 3 is 2.60 bits per heavy atom. The SMILES string of the molecule is C=C1C[C@@]2(Cl)CC=CC=C(C2=O)[C@@](C(=O)OC)(c2ccc(F)cc2)C1. The molecule has 0 unspecified atom stereocenters. The molecule has 25 heavy (non-hydrogen) atoms. The fourth-order valence-corrected chi connectivity index (χ4v) is 4.09. The number of ketones is 1. The number of ether oxygens (including phenoxy) is 1. The van der Waals surface area contributed by atoms with E-state index in [0.717, 1.165) is 0 Å². The van der Waals surface area contributed by atoms with Crippen LogP contribution in [0, 0.1) is 5.82 Å². The zero-order valence-corrected chi connectivity index (χ0v) is 14.6. The number of alkyl halides is 1. The van der Waals surface area contributed by atoms with Crippen LogP contribution in [0.5, 0.6) is 0 Å². The molecule has 0 heterocycles. The Kier molecular flexibility index (Phi) is 4.41. The van der Waals surface area contributed by atoms with Gasteiger partial charge in [0.1, 0.15) is 16.1 Å². The fourth-order valence-electron chi connectivity index (χ4n) is 3.71. The van der Waals surface area contributed by atoms with Crippen molar-refractivity contribution in [1.82, 2.24) is 0 Å². The maximum atomic E-state index is 13.4. The molecule has 1 fully saturated rings. The number of benzene rings is 1. The molecule has 0 radical (unpaired) electrons. The minimum absolute atomic E-state index is 0.186. The average molecular weight is 361 g/mol.